The predicted molar refractivity (Wildman–Crippen MR) is 69.4 cm³/mol. The van der Waals surface area contributed by atoms with Crippen LogP contribution in [0.3, 0.4) is 0 Å². The van der Waals surface area contributed by atoms with Crippen LogP contribution in [0.15, 0.2) is 17.1 Å². The van der Waals surface area contributed by atoms with Gasteiger partial charge in [0.25, 0.3) is 5.56 Å². The number of hydrogen-bond acceptors (Lipinski definition) is 3. The molecule has 0 aliphatic heterocycles. The summed E-state index contributed by atoms with van der Waals surface area (Å²) in [5.74, 6) is -0.240. The first-order chi connectivity index (χ1) is 7.54. The Labute approximate surface area is 108 Å². The van der Waals surface area contributed by atoms with Crippen LogP contribution in [0.1, 0.15) is 18.4 Å². The predicted octanol–water partition coefficient (Wildman–Crippen LogP) is 1.71. The lowest BCUT2D eigenvalue weighted by molar-refractivity contribution is -0.140. The molecular formula is C11H14INO3. The van der Waals surface area contributed by atoms with Crippen LogP contribution in [0.25, 0.3) is 0 Å². The van der Waals surface area contributed by atoms with Gasteiger partial charge in [-0.3, -0.25) is 9.59 Å². The van der Waals surface area contributed by atoms with E-state index in [0.29, 0.717) is 23.0 Å². The van der Waals surface area contributed by atoms with Crippen molar-refractivity contribution < 1.29 is 9.53 Å². The van der Waals surface area contributed by atoms with Crippen molar-refractivity contribution in [3.63, 3.8) is 0 Å². The Morgan fingerprint density at radius 2 is 2.25 bits per heavy atom. The second-order valence-electron chi connectivity index (χ2n) is 3.54. The van der Waals surface area contributed by atoms with Crippen molar-refractivity contribution in [2.75, 3.05) is 7.11 Å². The Morgan fingerprint density at radius 3 is 2.88 bits per heavy atom. The Kier molecular flexibility index (Phi) is 4.98. The first-order valence-electron chi connectivity index (χ1n) is 4.98. The number of esters is 1. The number of methoxy groups -OCH3 is 1. The average molecular weight is 335 g/mol. The monoisotopic (exact) mass is 335 g/mol. The minimum absolute atomic E-state index is 0.00364. The number of aromatic nitrogens is 1. The molecule has 0 N–H and O–H groups in total. The number of aryl methyl sites for hydroxylation is 2. The molecule has 0 fully saturated rings. The second-order valence-corrected chi connectivity index (χ2v) is 4.71. The fraction of sp³-hybridized carbons (Fsp3) is 0.455. The summed E-state index contributed by atoms with van der Waals surface area (Å²) in [5, 5.41) is 0. The Bertz CT molecular complexity index is 439. The van der Waals surface area contributed by atoms with E-state index >= 15 is 0 Å². The first-order valence-corrected chi connectivity index (χ1v) is 6.06. The molecule has 0 aliphatic carbocycles. The number of halogens is 1. The van der Waals surface area contributed by atoms with Gasteiger partial charge in [0.15, 0.2) is 0 Å². The molecule has 1 aromatic rings. The molecule has 0 aliphatic rings. The van der Waals surface area contributed by atoms with E-state index in [1.807, 2.05) is 41.8 Å². The zero-order chi connectivity index (χ0) is 12.1. The van der Waals surface area contributed by atoms with E-state index < -0.39 is 0 Å². The molecule has 16 heavy (non-hydrogen) atoms. The highest BCUT2D eigenvalue weighted by Gasteiger charge is 2.04. The maximum absolute atomic E-state index is 11.7. The molecular weight excluding hydrogens is 321 g/mol. The first kappa shape index (κ1) is 13.2. The molecule has 1 heterocycles. The van der Waals surface area contributed by atoms with Crippen LogP contribution in [0, 0.1) is 10.5 Å². The normalized spacial score (nSPS) is 10.2. The van der Waals surface area contributed by atoms with Gasteiger partial charge in [-0.15, -0.1) is 0 Å². The van der Waals surface area contributed by atoms with Gasteiger partial charge in [0.05, 0.1) is 10.7 Å². The van der Waals surface area contributed by atoms with Gasteiger partial charge in [0, 0.05) is 19.2 Å². The molecule has 0 amide bonds. The van der Waals surface area contributed by atoms with Crippen LogP contribution in [0.2, 0.25) is 0 Å². The van der Waals surface area contributed by atoms with Crippen LogP contribution >= 0.6 is 22.6 Å². The fourth-order valence-electron chi connectivity index (χ4n) is 1.40. The Hall–Kier alpha value is -0.850. The third-order valence-corrected chi connectivity index (χ3v) is 2.96. The van der Waals surface area contributed by atoms with Gasteiger partial charge in [-0.05, 0) is 47.6 Å². The van der Waals surface area contributed by atoms with Crippen LogP contribution < -0.4 is 5.56 Å². The summed E-state index contributed by atoms with van der Waals surface area (Å²) in [6, 6.07) is 1.85. The van der Waals surface area contributed by atoms with Crippen molar-refractivity contribution in [3.8, 4) is 0 Å². The molecule has 0 radical (unpaired) electrons. The minimum Gasteiger partial charge on any atom is -0.469 e. The number of pyridine rings is 1. The van der Waals surface area contributed by atoms with Gasteiger partial charge in [-0.25, -0.2) is 0 Å². The smallest absolute Gasteiger partial charge is 0.305 e. The van der Waals surface area contributed by atoms with Gasteiger partial charge in [-0.2, -0.15) is 0 Å². The third-order valence-electron chi connectivity index (χ3n) is 2.19. The molecule has 5 heteroatoms. The molecule has 0 bridgehead atoms. The largest absolute Gasteiger partial charge is 0.469 e. The fourth-order valence-corrected chi connectivity index (χ4v) is 2.20. The van der Waals surface area contributed by atoms with Gasteiger partial charge in [0.2, 0.25) is 0 Å². The maximum atomic E-state index is 11.7. The van der Waals surface area contributed by atoms with Crippen molar-refractivity contribution in [2.45, 2.75) is 26.3 Å². The number of nitrogens with zero attached hydrogens (tertiary/aromatic N) is 1. The molecule has 1 rings (SSSR count). The highest BCUT2D eigenvalue weighted by Crippen LogP contribution is 2.03. The van der Waals surface area contributed by atoms with Gasteiger partial charge in [-0.1, -0.05) is 0 Å². The third kappa shape index (κ3) is 3.62. The molecule has 0 saturated heterocycles. The standard InChI is InChI=1S/C11H14INO3/c1-8-6-9(12)11(15)13(7-8)5-3-4-10(14)16-2/h6-7H,3-5H2,1-2H3. The second kappa shape index (κ2) is 6.03. The van der Waals surface area contributed by atoms with Crippen molar-refractivity contribution in [1.29, 1.82) is 0 Å². The Balaban J connectivity index is 2.67. The van der Waals surface area contributed by atoms with Gasteiger partial charge >= 0.3 is 5.97 Å². The number of carbonyl (C=O) groups excluding carboxylic acids is 1. The zero-order valence-corrected chi connectivity index (χ0v) is 11.5. The van der Waals surface area contributed by atoms with Crippen molar-refractivity contribution >= 4 is 28.6 Å². The quantitative estimate of drug-likeness (QED) is 0.622. The van der Waals surface area contributed by atoms with Gasteiger partial charge < -0.3 is 9.30 Å². The summed E-state index contributed by atoms with van der Waals surface area (Å²) in [6.07, 6.45) is 2.77. The molecule has 0 unspecified atom stereocenters. The van der Waals surface area contributed by atoms with E-state index in [4.69, 9.17) is 0 Å². The highest BCUT2D eigenvalue weighted by molar-refractivity contribution is 14.1. The lowest BCUT2D eigenvalue weighted by atomic mass is 10.3. The average Bonchev–Trinajstić information content (AvgIpc) is 2.24. The van der Waals surface area contributed by atoms with E-state index in [1.54, 1.807) is 4.57 Å². The number of ether oxygens (including phenoxy) is 1. The lowest BCUT2D eigenvalue weighted by Gasteiger charge is -2.07. The van der Waals surface area contributed by atoms with Crippen LogP contribution in [0.4, 0.5) is 0 Å². The van der Waals surface area contributed by atoms with Crippen LogP contribution in [-0.4, -0.2) is 17.6 Å². The SMILES string of the molecule is COC(=O)CCCn1cc(C)cc(I)c1=O. The molecule has 0 saturated carbocycles. The van der Waals surface area contributed by atoms with Crippen molar-refractivity contribution in [2.24, 2.45) is 0 Å². The number of carbonyl (C=O) groups is 1. The Morgan fingerprint density at radius 1 is 1.56 bits per heavy atom. The topological polar surface area (TPSA) is 48.3 Å². The van der Waals surface area contributed by atoms with Crippen molar-refractivity contribution in [1.82, 2.24) is 4.57 Å². The van der Waals surface area contributed by atoms with Crippen molar-refractivity contribution in [3.05, 3.63) is 31.8 Å². The number of hydrogen-bond donors (Lipinski definition) is 0. The van der Waals surface area contributed by atoms with Crippen LogP contribution in [0.5, 0.6) is 0 Å². The van der Waals surface area contributed by atoms with E-state index in [2.05, 4.69) is 4.74 Å². The summed E-state index contributed by atoms with van der Waals surface area (Å²) in [4.78, 5) is 22.6. The molecule has 0 aromatic carbocycles. The lowest BCUT2D eigenvalue weighted by Crippen LogP contribution is -2.22. The summed E-state index contributed by atoms with van der Waals surface area (Å²) < 4.78 is 6.88. The molecule has 88 valence electrons. The summed E-state index contributed by atoms with van der Waals surface area (Å²) in [6.45, 7) is 2.49. The minimum atomic E-state index is -0.240. The summed E-state index contributed by atoms with van der Waals surface area (Å²) >= 11 is 2.02. The van der Waals surface area contributed by atoms with E-state index in [1.165, 1.54) is 7.11 Å². The zero-order valence-electron chi connectivity index (χ0n) is 9.33. The number of rotatable bonds is 4. The molecule has 1 aromatic heterocycles. The van der Waals surface area contributed by atoms with E-state index in [0.717, 1.165) is 5.56 Å². The van der Waals surface area contributed by atoms with E-state index in [-0.39, 0.29) is 11.5 Å². The molecule has 0 spiro atoms. The highest BCUT2D eigenvalue weighted by atomic mass is 127. The van der Waals surface area contributed by atoms with Crippen LogP contribution in [-0.2, 0) is 16.1 Å². The molecule has 0 atom stereocenters. The van der Waals surface area contributed by atoms with Gasteiger partial charge in [0.1, 0.15) is 0 Å². The maximum Gasteiger partial charge on any atom is 0.305 e. The molecule has 4 nitrogen and oxygen atoms in total. The summed E-state index contributed by atoms with van der Waals surface area (Å²) in [7, 11) is 1.37. The van der Waals surface area contributed by atoms with E-state index in [9.17, 15) is 9.59 Å². The summed E-state index contributed by atoms with van der Waals surface area (Å²) in [5.41, 5.74) is 1.04.